The van der Waals surface area contributed by atoms with Crippen LogP contribution in [0.5, 0.6) is 0 Å². The lowest BCUT2D eigenvalue weighted by Gasteiger charge is -2.10. The molecule has 2 aromatic carbocycles. The summed E-state index contributed by atoms with van der Waals surface area (Å²) in [5.41, 5.74) is 2.67. The molecule has 1 N–H and O–H groups in total. The van der Waals surface area contributed by atoms with Crippen molar-refractivity contribution < 1.29 is 22.4 Å². The number of carbonyl (C=O) groups is 1. The number of rotatable bonds is 6. The number of oxazole rings is 1. The largest absolute Gasteiger partial charge is 0.465 e. The Morgan fingerprint density at radius 1 is 1.14 bits per heavy atom. The number of anilines is 1. The number of nitrogens with zero attached hydrogens (tertiary/aromatic N) is 1. The predicted octanol–water partition coefficient (Wildman–Crippen LogP) is 2.58. The van der Waals surface area contributed by atoms with Gasteiger partial charge in [0.25, 0.3) is 10.0 Å². The van der Waals surface area contributed by atoms with E-state index in [1.54, 1.807) is 19.1 Å². The van der Waals surface area contributed by atoms with Crippen LogP contribution in [0.3, 0.4) is 0 Å². The first-order valence-electron chi connectivity index (χ1n) is 8.60. The SMILES string of the molecule is CCOC(=O)Cn1c(=O)oc2cc(S(=O)(=O)Nc3cc(C)cc(C)c3)ccc21. The lowest BCUT2D eigenvalue weighted by Crippen LogP contribution is -2.21. The number of ether oxygens (including phenoxy) is 1. The van der Waals surface area contributed by atoms with E-state index in [2.05, 4.69) is 4.72 Å². The number of hydrogen-bond donors (Lipinski definition) is 1. The van der Waals surface area contributed by atoms with Crippen molar-refractivity contribution in [3.8, 4) is 0 Å². The summed E-state index contributed by atoms with van der Waals surface area (Å²) in [6.45, 7) is 5.28. The van der Waals surface area contributed by atoms with E-state index in [1.165, 1.54) is 18.2 Å². The van der Waals surface area contributed by atoms with Crippen LogP contribution in [0.25, 0.3) is 11.1 Å². The van der Waals surface area contributed by atoms with Gasteiger partial charge < -0.3 is 9.15 Å². The summed E-state index contributed by atoms with van der Waals surface area (Å²) in [6.07, 6.45) is 0. The Labute approximate surface area is 161 Å². The molecule has 0 aliphatic carbocycles. The van der Waals surface area contributed by atoms with E-state index in [-0.39, 0.29) is 23.6 Å². The number of sulfonamides is 1. The second kappa shape index (κ2) is 7.51. The van der Waals surface area contributed by atoms with Crippen LogP contribution in [0.4, 0.5) is 5.69 Å². The maximum absolute atomic E-state index is 12.7. The number of fused-ring (bicyclic) bond motifs is 1. The normalized spacial score (nSPS) is 11.5. The van der Waals surface area contributed by atoms with Gasteiger partial charge in [0, 0.05) is 11.8 Å². The molecule has 0 amide bonds. The third-order valence-corrected chi connectivity index (χ3v) is 5.40. The summed E-state index contributed by atoms with van der Waals surface area (Å²) in [5, 5.41) is 0. The third kappa shape index (κ3) is 4.09. The first-order chi connectivity index (χ1) is 13.2. The molecule has 9 heteroatoms. The smallest absolute Gasteiger partial charge is 0.420 e. The van der Waals surface area contributed by atoms with Gasteiger partial charge in [-0.3, -0.25) is 14.1 Å². The highest BCUT2D eigenvalue weighted by Crippen LogP contribution is 2.22. The lowest BCUT2D eigenvalue weighted by molar-refractivity contribution is -0.143. The van der Waals surface area contributed by atoms with Crippen LogP contribution in [0.1, 0.15) is 18.1 Å². The minimum Gasteiger partial charge on any atom is -0.465 e. The molecule has 148 valence electrons. The quantitative estimate of drug-likeness (QED) is 0.633. The van der Waals surface area contributed by atoms with Gasteiger partial charge in [-0.15, -0.1) is 0 Å². The van der Waals surface area contributed by atoms with Crippen molar-refractivity contribution in [2.45, 2.75) is 32.2 Å². The van der Waals surface area contributed by atoms with Crippen molar-refractivity contribution >= 4 is 32.8 Å². The van der Waals surface area contributed by atoms with E-state index in [0.29, 0.717) is 11.2 Å². The van der Waals surface area contributed by atoms with Crippen LogP contribution in [0.15, 0.2) is 50.5 Å². The Kier molecular flexibility index (Phi) is 5.28. The maximum atomic E-state index is 12.7. The average Bonchev–Trinajstić information content (AvgIpc) is 2.88. The Bertz CT molecular complexity index is 1190. The minimum absolute atomic E-state index is 0.0591. The van der Waals surface area contributed by atoms with Crippen molar-refractivity contribution in [2.75, 3.05) is 11.3 Å². The van der Waals surface area contributed by atoms with E-state index in [4.69, 9.17) is 9.15 Å². The Morgan fingerprint density at radius 2 is 1.82 bits per heavy atom. The van der Waals surface area contributed by atoms with Gasteiger partial charge in [-0.25, -0.2) is 13.2 Å². The molecular formula is C19H20N2O6S. The van der Waals surface area contributed by atoms with Crippen LogP contribution in [-0.4, -0.2) is 25.6 Å². The molecular weight excluding hydrogens is 384 g/mol. The highest BCUT2D eigenvalue weighted by molar-refractivity contribution is 7.92. The molecule has 0 aliphatic rings. The number of esters is 1. The number of aromatic nitrogens is 1. The predicted molar refractivity (Wildman–Crippen MR) is 104 cm³/mol. The van der Waals surface area contributed by atoms with Gasteiger partial charge in [0.2, 0.25) is 0 Å². The molecule has 0 saturated carbocycles. The third-order valence-electron chi connectivity index (χ3n) is 4.02. The standard InChI is InChI=1S/C19H20N2O6S/c1-4-26-18(22)11-21-16-6-5-15(10-17(16)27-19(21)23)28(24,25)20-14-8-12(2)7-13(3)9-14/h5-10,20H,4,11H2,1-3H3. The van der Waals surface area contributed by atoms with Crippen molar-refractivity contribution in [2.24, 2.45) is 0 Å². The second-order valence-corrected chi connectivity index (χ2v) is 8.05. The molecule has 0 saturated heterocycles. The summed E-state index contributed by atoms with van der Waals surface area (Å²) in [6, 6.07) is 9.41. The molecule has 0 aliphatic heterocycles. The van der Waals surface area contributed by atoms with E-state index < -0.39 is 21.7 Å². The highest BCUT2D eigenvalue weighted by atomic mass is 32.2. The monoisotopic (exact) mass is 404 g/mol. The Balaban J connectivity index is 1.95. The molecule has 0 spiro atoms. The fourth-order valence-electron chi connectivity index (χ4n) is 2.95. The summed E-state index contributed by atoms with van der Waals surface area (Å²) >= 11 is 0. The zero-order valence-electron chi connectivity index (χ0n) is 15.7. The number of hydrogen-bond acceptors (Lipinski definition) is 6. The molecule has 0 atom stereocenters. The van der Waals surface area contributed by atoms with Crippen molar-refractivity contribution in [1.82, 2.24) is 4.57 Å². The zero-order chi connectivity index (χ0) is 20.5. The minimum atomic E-state index is -3.89. The summed E-state index contributed by atoms with van der Waals surface area (Å²) in [7, 11) is -3.89. The lowest BCUT2D eigenvalue weighted by atomic mass is 10.1. The summed E-state index contributed by atoms with van der Waals surface area (Å²) < 4.78 is 39.0. The van der Waals surface area contributed by atoms with Crippen LogP contribution < -0.4 is 10.5 Å². The van der Waals surface area contributed by atoms with E-state index >= 15 is 0 Å². The first-order valence-corrected chi connectivity index (χ1v) is 10.1. The van der Waals surface area contributed by atoms with Gasteiger partial charge in [0.05, 0.1) is 17.0 Å². The molecule has 0 fully saturated rings. The molecule has 3 aromatic rings. The van der Waals surface area contributed by atoms with E-state index in [1.807, 2.05) is 19.9 Å². The van der Waals surface area contributed by atoms with Gasteiger partial charge in [0.15, 0.2) is 5.58 Å². The Hall–Kier alpha value is -3.07. The van der Waals surface area contributed by atoms with Crippen LogP contribution in [-0.2, 0) is 26.1 Å². The van der Waals surface area contributed by atoms with Crippen molar-refractivity contribution in [3.05, 3.63) is 58.1 Å². The molecule has 1 aromatic heterocycles. The molecule has 28 heavy (non-hydrogen) atoms. The zero-order valence-corrected chi connectivity index (χ0v) is 16.5. The van der Waals surface area contributed by atoms with Gasteiger partial charge in [-0.1, -0.05) is 6.07 Å². The van der Waals surface area contributed by atoms with Gasteiger partial charge in [-0.05, 0) is 56.2 Å². The van der Waals surface area contributed by atoms with E-state index in [9.17, 15) is 18.0 Å². The number of aryl methyl sites for hydroxylation is 2. The highest BCUT2D eigenvalue weighted by Gasteiger charge is 2.19. The second-order valence-electron chi connectivity index (χ2n) is 6.37. The maximum Gasteiger partial charge on any atom is 0.420 e. The van der Waals surface area contributed by atoms with Crippen molar-refractivity contribution in [1.29, 1.82) is 0 Å². The topological polar surface area (TPSA) is 108 Å². The number of nitrogens with one attached hydrogen (secondary N) is 1. The molecule has 0 bridgehead atoms. The molecule has 8 nitrogen and oxygen atoms in total. The molecule has 0 unspecified atom stereocenters. The fourth-order valence-corrected chi connectivity index (χ4v) is 4.00. The number of carbonyl (C=O) groups excluding carboxylic acids is 1. The molecule has 1 heterocycles. The molecule has 0 radical (unpaired) electrons. The van der Waals surface area contributed by atoms with Gasteiger partial charge in [0.1, 0.15) is 6.54 Å². The van der Waals surface area contributed by atoms with Crippen LogP contribution in [0, 0.1) is 13.8 Å². The van der Waals surface area contributed by atoms with Gasteiger partial charge in [-0.2, -0.15) is 0 Å². The van der Waals surface area contributed by atoms with E-state index in [0.717, 1.165) is 15.7 Å². The first kappa shape index (κ1) is 19.7. The Morgan fingerprint density at radius 3 is 2.46 bits per heavy atom. The summed E-state index contributed by atoms with van der Waals surface area (Å²) in [4.78, 5) is 23.6. The molecule has 3 rings (SSSR count). The average molecular weight is 404 g/mol. The van der Waals surface area contributed by atoms with Crippen molar-refractivity contribution in [3.63, 3.8) is 0 Å². The van der Waals surface area contributed by atoms with Gasteiger partial charge >= 0.3 is 11.7 Å². The van der Waals surface area contributed by atoms with Crippen LogP contribution >= 0.6 is 0 Å². The van der Waals surface area contributed by atoms with Crippen LogP contribution in [0.2, 0.25) is 0 Å². The fraction of sp³-hybridized carbons (Fsp3) is 0.263. The number of benzene rings is 2. The summed E-state index contributed by atoms with van der Waals surface area (Å²) in [5.74, 6) is -1.35.